The van der Waals surface area contributed by atoms with Crippen molar-refractivity contribution in [3.8, 4) is 22.6 Å². The van der Waals surface area contributed by atoms with Crippen molar-refractivity contribution in [2.24, 2.45) is 0 Å². The molecule has 2 aromatic carbocycles. The van der Waals surface area contributed by atoms with Crippen LogP contribution < -0.4 is 14.8 Å². The summed E-state index contributed by atoms with van der Waals surface area (Å²) in [6, 6.07) is 13.3. The van der Waals surface area contributed by atoms with Gasteiger partial charge in [-0.25, -0.2) is 4.79 Å². The Balaban J connectivity index is 0.000000383. The van der Waals surface area contributed by atoms with Gasteiger partial charge < -0.3 is 19.9 Å². The summed E-state index contributed by atoms with van der Waals surface area (Å²) < 4.78 is 42.9. The van der Waals surface area contributed by atoms with E-state index in [4.69, 9.17) is 19.4 Å². The second-order valence-electron chi connectivity index (χ2n) is 7.00. The number of benzene rings is 2. The highest BCUT2D eigenvalue weighted by atomic mass is 19.4. The molecule has 1 aliphatic heterocycles. The number of halogens is 3. The second kappa shape index (κ2) is 10.1. The number of carboxylic acid groups (broad SMARTS) is 1. The van der Waals surface area contributed by atoms with Crippen molar-refractivity contribution in [3.63, 3.8) is 0 Å². The molecule has 0 radical (unpaired) electrons. The van der Waals surface area contributed by atoms with E-state index in [0.29, 0.717) is 17.9 Å². The zero-order chi connectivity index (χ0) is 24.0. The van der Waals surface area contributed by atoms with Crippen LogP contribution in [0.4, 0.5) is 13.2 Å². The molecule has 0 bridgehead atoms. The van der Waals surface area contributed by atoms with Crippen LogP contribution >= 0.6 is 0 Å². The lowest BCUT2D eigenvalue weighted by Gasteiger charge is -2.26. The molecule has 1 unspecified atom stereocenters. The minimum atomic E-state index is -5.08. The fourth-order valence-electron chi connectivity index (χ4n) is 3.15. The van der Waals surface area contributed by atoms with E-state index in [9.17, 15) is 18.0 Å². The number of ether oxygens (including phenoxy) is 2. The molecule has 0 aliphatic carbocycles. The Hall–Kier alpha value is -4.02. The number of aromatic amines is 1. The predicted molar refractivity (Wildman–Crippen MR) is 111 cm³/mol. The van der Waals surface area contributed by atoms with Gasteiger partial charge in [-0.3, -0.25) is 9.89 Å². The molecule has 2 heterocycles. The smallest absolute Gasteiger partial charge is 0.490 e. The van der Waals surface area contributed by atoms with Crippen molar-refractivity contribution in [1.82, 2.24) is 15.5 Å². The lowest BCUT2D eigenvalue weighted by Crippen LogP contribution is -2.42. The summed E-state index contributed by atoms with van der Waals surface area (Å²) in [6.07, 6.45) is -0.812. The summed E-state index contributed by atoms with van der Waals surface area (Å²) in [5.41, 5.74) is 3.47. The third-order valence-corrected chi connectivity index (χ3v) is 4.73. The number of carboxylic acids is 1. The number of rotatable bonds is 4. The Bertz CT molecular complexity index is 1120. The number of para-hydroxylation sites is 1. The summed E-state index contributed by atoms with van der Waals surface area (Å²) in [6.45, 7) is 0.457. The van der Waals surface area contributed by atoms with E-state index in [2.05, 4.69) is 15.5 Å². The fourth-order valence-corrected chi connectivity index (χ4v) is 3.15. The Morgan fingerprint density at radius 2 is 1.94 bits per heavy atom. The number of amides is 1. The third kappa shape index (κ3) is 6.03. The van der Waals surface area contributed by atoms with Crippen LogP contribution in [-0.4, -0.2) is 53.1 Å². The van der Waals surface area contributed by atoms with Gasteiger partial charge in [-0.2, -0.15) is 18.3 Å². The fraction of sp³-hybridized carbons (Fsp3) is 0.227. The van der Waals surface area contributed by atoms with Crippen LogP contribution in [0.3, 0.4) is 0 Å². The topological polar surface area (TPSA) is 114 Å². The number of nitrogens with zero attached hydrogens (tertiary/aromatic N) is 1. The maximum Gasteiger partial charge on any atom is 0.490 e. The SMILES string of the molecule is COc1cc(-c2cn[nH]c2)ccc1C(=O)NC1COc2ccccc2C1.O=C(O)C(F)(F)F. The summed E-state index contributed by atoms with van der Waals surface area (Å²) in [4.78, 5) is 21.6. The van der Waals surface area contributed by atoms with Gasteiger partial charge in [0.15, 0.2) is 0 Å². The van der Waals surface area contributed by atoms with E-state index in [1.807, 2.05) is 36.4 Å². The number of hydrogen-bond acceptors (Lipinski definition) is 5. The molecule has 1 atom stereocenters. The van der Waals surface area contributed by atoms with Gasteiger partial charge in [-0.1, -0.05) is 24.3 Å². The van der Waals surface area contributed by atoms with Gasteiger partial charge in [0.25, 0.3) is 5.91 Å². The highest BCUT2D eigenvalue weighted by Gasteiger charge is 2.38. The molecule has 0 saturated carbocycles. The minimum absolute atomic E-state index is 0.0735. The Kier molecular flexibility index (Phi) is 7.21. The third-order valence-electron chi connectivity index (χ3n) is 4.73. The van der Waals surface area contributed by atoms with Crippen molar-refractivity contribution in [3.05, 3.63) is 66.0 Å². The number of carbonyl (C=O) groups excluding carboxylic acids is 1. The molecule has 33 heavy (non-hydrogen) atoms. The monoisotopic (exact) mass is 463 g/mol. The molecule has 0 saturated heterocycles. The highest BCUT2D eigenvalue weighted by Crippen LogP contribution is 2.28. The lowest BCUT2D eigenvalue weighted by atomic mass is 10.0. The van der Waals surface area contributed by atoms with E-state index >= 15 is 0 Å². The Morgan fingerprint density at radius 1 is 1.21 bits per heavy atom. The largest absolute Gasteiger partial charge is 0.496 e. The molecule has 3 N–H and O–H groups in total. The van der Waals surface area contributed by atoms with E-state index in [1.54, 1.807) is 25.6 Å². The van der Waals surface area contributed by atoms with Gasteiger partial charge in [0, 0.05) is 11.8 Å². The van der Waals surface area contributed by atoms with Crippen LogP contribution in [0.25, 0.3) is 11.1 Å². The quantitative estimate of drug-likeness (QED) is 0.546. The van der Waals surface area contributed by atoms with Gasteiger partial charge in [0.2, 0.25) is 0 Å². The van der Waals surface area contributed by atoms with Crippen LogP contribution in [0.15, 0.2) is 54.9 Å². The highest BCUT2D eigenvalue weighted by molar-refractivity contribution is 5.97. The van der Waals surface area contributed by atoms with Crippen LogP contribution in [0.5, 0.6) is 11.5 Å². The second-order valence-corrected chi connectivity index (χ2v) is 7.00. The first kappa shape index (κ1) is 23.6. The van der Waals surface area contributed by atoms with E-state index in [1.165, 1.54) is 0 Å². The molecule has 4 rings (SSSR count). The van der Waals surface area contributed by atoms with Crippen molar-refractivity contribution in [2.45, 2.75) is 18.6 Å². The number of carbonyl (C=O) groups is 2. The number of aromatic nitrogens is 2. The maximum absolute atomic E-state index is 12.7. The van der Waals surface area contributed by atoms with Crippen molar-refractivity contribution >= 4 is 11.9 Å². The van der Waals surface area contributed by atoms with Crippen molar-refractivity contribution < 1.29 is 37.3 Å². The van der Waals surface area contributed by atoms with Crippen LogP contribution in [0.2, 0.25) is 0 Å². The number of hydrogen-bond donors (Lipinski definition) is 3. The number of aliphatic carboxylic acids is 1. The Morgan fingerprint density at radius 3 is 2.58 bits per heavy atom. The summed E-state index contributed by atoms with van der Waals surface area (Å²) in [5.74, 6) is -1.51. The summed E-state index contributed by atoms with van der Waals surface area (Å²) >= 11 is 0. The molecule has 174 valence electrons. The molecular formula is C22H20F3N3O5. The zero-order valence-electron chi connectivity index (χ0n) is 17.3. The van der Waals surface area contributed by atoms with Gasteiger partial charge >= 0.3 is 12.1 Å². The maximum atomic E-state index is 12.7. The van der Waals surface area contributed by atoms with Crippen LogP contribution in [-0.2, 0) is 11.2 Å². The predicted octanol–water partition coefficient (Wildman–Crippen LogP) is 3.45. The Labute approximate surface area is 186 Å². The van der Waals surface area contributed by atoms with Gasteiger partial charge in [-0.05, 0) is 35.7 Å². The molecule has 0 fully saturated rings. The summed E-state index contributed by atoms with van der Waals surface area (Å²) in [7, 11) is 1.56. The molecular weight excluding hydrogens is 443 g/mol. The van der Waals surface area contributed by atoms with Gasteiger partial charge in [0.05, 0.1) is 24.9 Å². The molecule has 11 heteroatoms. The van der Waals surface area contributed by atoms with Gasteiger partial charge in [0.1, 0.15) is 18.1 Å². The zero-order valence-corrected chi connectivity index (χ0v) is 17.3. The number of fused-ring (bicyclic) bond motifs is 1. The normalized spacial score (nSPS) is 14.7. The molecule has 0 spiro atoms. The number of H-pyrrole nitrogens is 1. The molecule has 1 aromatic heterocycles. The van der Waals surface area contributed by atoms with Crippen LogP contribution in [0, 0.1) is 0 Å². The van der Waals surface area contributed by atoms with E-state index < -0.39 is 12.1 Å². The number of methoxy groups -OCH3 is 1. The first-order valence-electron chi connectivity index (χ1n) is 9.68. The minimum Gasteiger partial charge on any atom is -0.496 e. The summed E-state index contributed by atoms with van der Waals surface area (Å²) in [5, 5.41) is 16.9. The lowest BCUT2D eigenvalue weighted by molar-refractivity contribution is -0.192. The standard InChI is InChI=1S/C20H19N3O3.C2HF3O2/c1-25-19-9-13(15-10-21-22-11-15)6-7-17(19)20(24)23-16-8-14-4-2-3-5-18(14)26-12-16;3-2(4,5)1(6)7/h2-7,9-11,16H,8,12H2,1H3,(H,21,22)(H,23,24);(H,6,7). The van der Waals surface area contributed by atoms with Gasteiger partial charge in [-0.15, -0.1) is 0 Å². The molecule has 8 nitrogen and oxygen atoms in total. The van der Waals surface area contributed by atoms with E-state index in [0.717, 1.165) is 28.9 Å². The molecule has 1 amide bonds. The first-order valence-corrected chi connectivity index (χ1v) is 9.68. The molecule has 1 aliphatic rings. The van der Waals surface area contributed by atoms with Crippen molar-refractivity contribution in [1.29, 1.82) is 0 Å². The van der Waals surface area contributed by atoms with Crippen LogP contribution in [0.1, 0.15) is 15.9 Å². The first-order chi connectivity index (χ1) is 15.7. The average Bonchev–Trinajstić information content (AvgIpc) is 3.33. The number of alkyl halides is 3. The van der Waals surface area contributed by atoms with E-state index in [-0.39, 0.29) is 11.9 Å². The average molecular weight is 463 g/mol. The van der Waals surface area contributed by atoms with Crippen molar-refractivity contribution in [2.75, 3.05) is 13.7 Å². The molecule has 3 aromatic rings. The number of nitrogens with one attached hydrogen (secondary N) is 2.